The van der Waals surface area contributed by atoms with Gasteiger partial charge in [0.15, 0.2) is 0 Å². The molecule has 2 rings (SSSR count). The van der Waals surface area contributed by atoms with Gasteiger partial charge in [0.25, 0.3) is 0 Å². The smallest absolute Gasteiger partial charge is 0.127 e. The van der Waals surface area contributed by atoms with Crippen molar-refractivity contribution in [3.63, 3.8) is 0 Å². The van der Waals surface area contributed by atoms with Crippen molar-refractivity contribution in [2.45, 2.75) is 26.4 Å². The molecule has 0 saturated carbocycles. The molecule has 0 aromatic heterocycles. The molecule has 0 spiro atoms. The Morgan fingerprint density at radius 1 is 0.913 bits per heavy atom. The number of para-hydroxylation sites is 1. The van der Waals surface area contributed by atoms with Crippen LogP contribution in [0.25, 0.3) is 0 Å². The minimum absolute atomic E-state index is 0. The maximum atomic E-state index is 10.0. The first kappa shape index (κ1) is 19.5. The van der Waals surface area contributed by atoms with Gasteiger partial charge in [-0.2, -0.15) is 0 Å². The number of aliphatic hydroxyl groups is 1. The van der Waals surface area contributed by atoms with Crippen LogP contribution >= 0.6 is 12.4 Å². The van der Waals surface area contributed by atoms with Gasteiger partial charge in [0.1, 0.15) is 11.5 Å². The normalized spacial score (nSPS) is 11.8. The molecule has 0 aliphatic heterocycles. The number of nitrogens with one attached hydrogen (secondary N) is 1. The van der Waals surface area contributed by atoms with E-state index in [2.05, 4.69) is 19.2 Å². The highest BCUT2D eigenvalue weighted by atomic mass is 35.5. The lowest BCUT2D eigenvalue weighted by atomic mass is 10.1. The maximum Gasteiger partial charge on any atom is 0.127 e. The number of aliphatic hydroxyl groups excluding tert-OH is 1. The van der Waals surface area contributed by atoms with E-state index in [0.29, 0.717) is 18.9 Å². The second-order valence-electron chi connectivity index (χ2n) is 5.97. The molecular weight excluding hydrogens is 310 g/mol. The second-order valence-corrected chi connectivity index (χ2v) is 5.97. The lowest BCUT2D eigenvalue weighted by Gasteiger charge is -2.13. The van der Waals surface area contributed by atoms with E-state index in [1.807, 2.05) is 54.6 Å². The van der Waals surface area contributed by atoms with Gasteiger partial charge in [-0.1, -0.05) is 44.2 Å². The van der Waals surface area contributed by atoms with Gasteiger partial charge in [-0.3, -0.25) is 0 Å². The van der Waals surface area contributed by atoms with E-state index < -0.39 is 0 Å². The summed E-state index contributed by atoms with van der Waals surface area (Å²) in [6.45, 7) is 5.87. The lowest BCUT2D eigenvalue weighted by Crippen LogP contribution is -2.30. The maximum absolute atomic E-state index is 10.0. The molecule has 4 heteroatoms. The molecule has 3 nitrogen and oxygen atoms in total. The van der Waals surface area contributed by atoms with Crippen LogP contribution in [0, 0.1) is 5.92 Å². The van der Waals surface area contributed by atoms with Crippen molar-refractivity contribution in [1.82, 2.24) is 5.32 Å². The first-order valence-electron chi connectivity index (χ1n) is 7.84. The fourth-order valence-corrected chi connectivity index (χ4v) is 2.20. The van der Waals surface area contributed by atoms with E-state index in [9.17, 15) is 5.11 Å². The molecule has 0 aliphatic carbocycles. The van der Waals surface area contributed by atoms with Crippen molar-refractivity contribution >= 4 is 12.4 Å². The molecule has 126 valence electrons. The van der Waals surface area contributed by atoms with E-state index in [1.54, 1.807) is 0 Å². The van der Waals surface area contributed by atoms with E-state index in [4.69, 9.17) is 4.74 Å². The van der Waals surface area contributed by atoms with Crippen LogP contribution in [0.4, 0.5) is 0 Å². The minimum Gasteiger partial charge on any atom is -0.457 e. The summed E-state index contributed by atoms with van der Waals surface area (Å²) in [6, 6.07) is 17.6. The Kier molecular flexibility index (Phi) is 8.70. The highest BCUT2D eigenvalue weighted by molar-refractivity contribution is 5.85. The van der Waals surface area contributed by atoms with Crippen LogP contribution in [0.3, 0.4) is 0 Å². The Labute approximate surface area is 145 Å². The molecule has 0 heterocycles. The average Bonchev–Trinajstić information content (AvgIpc) is 2.50. The molecule has 0 amide bonds. The standard InChI is InChI=1S/C19H25NO2.ClH/c1-15(2)13-20-14-17(21)12-16-8-10-19(11-9-16)22-18-6-4-3-5-7-18;/h3-11,15,17,20-21H,12-14H2,1-2H3;1H. The molecule has 23 heavy (non-hydrogen) atoms. The molecule has 0 bridgehead atoms. The summed E-state index contributed by atoms with van der Waals surface area (Å²) in [7, 11) is 0. The highest BCUT2D eigenvalue weighted by Gasteiger charge is 2.06. The third-order valence-corrected chi connectivity index (χ3v) is 3.31. The molecule has 1 atom stereocenters. The van der Waals surface area contributed by atoms with E-state index in [-0.39, 0.29) is 18.5 Å². The van der Waals surface area contributed by atoms with Crippen molar-refractivity contribution in [2.24, 2.45) is 5.92 Å². The Bertz CT molecular complexity index is 543. The fraction of sp³-hybridized carbons (Fsp3) is 0.368. The van der Waals surface area contributed by atoms with Gasteiger partial charge >= 0.3 is 0 Å². The highest BCUT2D eigenvalue weighted by Crippen LogP contribution is 2.21. The summed E-state index contributed by atoms with van der Waals surface area (Å²) in [5.41, 5.74) is 1.11. The lowest BCUT2D eigenvalue weighted by molar-refractivity contribution is 0.170. The number of ether oxygens (including phenoxy) is 1. The van der Waals surface area contributed by atoms with E-state index >= 15 is 0 Å². The molecule has 0 aliphatic rings. The predicted molar refractivity (Wildman–Crippen MR) is 97.6 cm³/mol. The Morgan fingerprint density at radius 2 is 1.52 bits per heavy atom. The van der Waals surface area contributed by atoms with E-state index in [1.165, 1.54) is 0 Å². The van der Waals surface area contributed by atoms with Crippen molar-refractivity contribution in [3.05, 3.63) is 60.2 Å². The molecule has 0 saturated heterocycles. The number of rotatable bonds is 8. The van der Waals surface area contributed by atoms with Gasteiger partial charge in [-0.05, 0) is 48.7 Å². The fourth-order valence-electron chi connectivity index (χ4n) is 2.20. The summed E-state index contributed by atoms with van der Waals surface area (Å²) in [5, 5.41) is 13.3. The minimum atomic E-state index is -0.361. The molecule has 2 aromatic carbocycles. The first-order chi connectivity index (χ1) is 10.6. The van der Waals surface area contributed by atoms with Crippen LogP contribution < -0.4 is 10.1 Å². The topological polar surface area (TPSA) is 41.5 Å². The van der Waals surface area contributed by atoms with Crippen molar-refractivity contribution in [1.29, 1.82) is 0 Å². The zero-order valence-electron chi connectivity index (χ0n) is 13.7. The third kappa shape index (κ3) is 7.51. The summed E-state index contributed by atoms with van der Waals surface area (Å²) in [5.74, 6) is 2.23. The zero-order valence-corrected chi connectivity index (χ0v) is 14.6. The predicted octanol–water partition coefficient (Wildman–Crippen LogP) is 4.05. The average molecular weight is 336 g/mol. The van der Waals surface area contributed by atoms with Crippen LogP contribution in [0.15, 0.2) is 54.6 Å². The molecule has 1 unspecified atom stereocenters. The molecule has 0 fully saturated rings. The van der Waals surface area contributed by atoms with Crippen molar-refractivity contribution in [2.75, 3.05) is 13.1 Å². The molecule has 0 radical (unpaired) electrons. The summed E-state index contributed by atoms with van der Waals surface area (Å²) < 4.78 is 5.75. The summed E-state index contributed by atoms with van der Waals surface area (Å²) in [4.78, 5) is 0. The zero-order chi connectivity index (χ0) is 15.8. The van der Waals surface area contributed by atoms with Crippen molar-refractivity contribution in [3.8, 4) is 11.5 Å². The van der Waals surface area contributed by atoms with Crippen LogP contribution in [-0.2, 0) is 6.42 Å². The number of halogens is 1. The quantitative estimate of drug-likeness (QED) is 0.764. The second kappa shape index (κ2) is 10.3. The van der Waals surface area contributed by atoms with Gasteiger partial charge in [0.2, 0.25) is 0 Å². The molecular formula is C19H26ClNO2. The third-order valence-electron chi connectivity index (χ3n) is 3.31. The first-order valence-corrected chi connectivity index (χ1v) is 7.84. The van der Waals surface area contributed by atoms with Gasteiger partial charge < -0.3 is 15.2 Å². The molecule has 2 aromatic rings. The van der Waals surface area contributed by atoms with Crippen LogP contribution in [0.1, 0.15) is 19.4 Å². The van der Waals surface area contributed by atoms with Gasteiger partial charge in [0, 0.05) is 6.54 Å². The van der Waals surface area contributed by atoms with Crippen molar-refractivity contribution < 1.29 is 9.84 Å². The Morgan fingerprint density at radius 3 is 2.13 bits per heavy atom. The van der Waals surface area contributed by atoms with Crippen LogP contribution in [-0.4, -0.2) is 24.3 Å². The Balaban J connectivity index is 0.00000264. The largest absolute Gasteiger partial charge is 0.457 e. The summed E-state index contributed by atoms with van der Waals surface area (Å²) >= 11 is 0. The number of hydrogen-bond donors (Lipinski definition) is 2. The number of benzene rings is 2. The van der Waals surface area contributed by atoms with Crippen LogP contribution in [0.5, 0.6) is 11.5 Å². The number of hydrogen-bond acceptors (Lipinski definition) is 3. The summed E-state index contributed by atoms with van der Waals surface area (Å²) in [6.07, 6.45) is 0.288. The van der Waals surface area contributed by atoms with Gasteiger partial charge in [0.05, 0.1) is 6.10 Å². The van der Waals surface area contributed by atoms with Gasteiger partial charge in [-0.15, -0.1) is 12.4 Å². The van der Waals surface area contributed by atoms with E-state index in [0.717, 1.165) is 23.6 Å². The Hall–Kier alpha value is -1.55. The monoisotopic (exact) mass is 335 g/mol. The van der Waals surface area contributed by atoms with Gasteiger partial charge in [-0.25, -0.2) is 0 Å². The molecule has 2 N–H and O–H groups in total. The van der Waals surface area contributed by atoms with Crippen LogP contribution in [0.2, 0.25) is 0 Å². The SMILES string of the molecule is CC(C)CNCC(O)Cc1ccc(Oc2ccccc2)cc1.Cl.